The zero-order valence-electron chi connectivity index (χ0n) is 15.5. The predicted molar refractivity (Wildman–Crippen MR) is 107 cm³/mol. The summed E-state index contributed by atoms with van der Waals surface area (Å²) in [6.07, 6.45) is 0.183. The molecule has 2 rings (SSSR count). The van der Waals surface area contributed by atoms with Crippen LogP contribution >= 0.6 is 23.2 Å². The van der Waals surface area contributed by atoms with E-state index in [1.807, 2.05) is 0 Å². The molecule has 0 spiro atoms. The number of anilines is 1. The maximum Gasteiger partial charge on any atom is 0.307 e. The van der Waals surface area contributed by atoms with E-state index in [1.54, 1.807) is 12.1 Å². The maximum absolute atomic E-state index is 11.1. The van der Waals surface area contributed by atoms with E-state index in [4.69, 9.17) is 39.4 Å². The molecule has 1 saturated heterocycles. The van der Waals surface area contributed by atoms with Gasteiger partial charge in [0.05, 0.1) is 48.9 Å². The number of halogens is 2. The van der Waals surface area contributed by atoms with Crippen LogP contribution in [0.3, 0.4) is 0 Å². The minimum absolute atomic E-state index is 0.0544. The highest BCUT2D eigenvalue weighted by Crippen LogP contribution is 2.30. The van der Waals surface area contributed by atoms with Crippen molar-refractivity contribution in [2.24, 2.45) is 11.5 Å². The third-order valence-electron chi connectivity index (χ3n) is 3.71. The quantitative estimate of drug-likeness (QED) is 0.555. The Morgan fingerprint density at radius 2 is 1.79 bits per heavy atom. The minimum Gasteiger partial charge on any atom is -0.469 e. The van der Waals surface area contributed by atoms with E-state index >= 15 is 0 Å². The van der Waals surface area contributed by atoms with Gasteiger partial charge in [-0.05, 0) is 12.1 Å². The number of carbonyl (C=O) groups is 3. The lowest BCUT2D eigenvalue weighted by molar-refractivity contribution is -0.140. The first kappa shape index (κ1) is 24.0. The smallest absolute Gasteiger partial charge is 0.307 e. The fourth-order valence-corrected chi connectivity index (χ4v) is 2.94. The van der Waals surface area contributed by atoms with Crippen molar-refractivity contribution < 1.29 is 23.9 Å². The molecule has 0 bridgehead atoms. The van der Waals surface area contributed by atoms with Crippen LogP contribution in [0.25, 0.3) is 0 Å². The topological polar surface area (TPSA) is 137 Å². The third kappa shape index (κ3) is 7.89. The summed E-state index contributed by atoms with van der Waals surface area (Å²) in [5.41, 5.74) is 11.3. The Labute approximate surface area is 173 Å². The molecule has 0 unspecified atom stereocenters. The molecule has 0 aliphatic carbocycles. The number of benzene rings is 1. The Bertz CT molecular complexity index is 657. The number of nitrogens with zero attached hydrogens (tertiary/aromatic N) is 1. The van der Waals surface area contributed by atoms with Crippen molar-refractivity contribution in [1.29, 1.82) is 0 Å². The normalized spacial score (nSPS) is 13.2. The van der Waals surface area contributed by atoms with Gasteiger partial charge in [0, 0.05) is 25.3 Å². The maximum atomic E-state index is 11.1. The third-order valence-corrected chi connectivity index (χ3v) is 4.31. The number of morpholine rings is 1. The van der Waals surface area contributed by atoms with Crippen LogP contribution in [0.15, 0.2) is 12.1 Å². The molecule has 2 amide bonds. The predicted octanol–water partition coefficient (Wildman–Crippen LogP) is 0.553. The molecule has 1 fully saturated rings. The molecule has 1 heterocycles. The van der Waals surface area contributed by atoms with Crippen LogP contribution in [0.2, 0.25) is 10.0 Å². The van der Waals surface area contributed by atoms with Gasteiger partial charge in [0.15, 0.2) is 0 Å². The summed E-state index contributed by atoms with van der Waals surface area (Å²) in [5, 5.41) is 3.00. The average molecular weight is 435 g/mol. The molecule has 1 aromatic carbocycles. The van der Waals surface area contributed by atoms with Crippen molar-refractivity contribution in [3.8, 4) is 0 Å². The van der Waals surface area contributed by atoms with E-state index in [0.29, 0.717) is 13.2 Å². The van der Waals surface area contributed by atoms with Gasteiger partial charge in [-0.3, -0.25) is 14.4 Å². The summed E-state index contributed by atoms with van der Waals surface area (Å²) in [7, 11) is 1.30. The number of nitrogens with one attached hydrogen (secondary N) is 1. The Morgan fingerprint density at radius 1 is 1.21 bits per heavy atom. The summed E-state index contributed by atoms with van der Waals surface area (Å²) in [6.45, 7) is 3.13. The van der Waals surface area contributed by atoms with Gasteiger partial charge in [-0.1, -0.05) is 23.2 Å². The lowest BCUT2D eigenvalue weighted by Gasteiger charge is -2.29. The van der Waals surface area contributed by atoms with E-state index in [-0.39, 0.29) is 47.0 Å². The summed E-state index contributed by atoms with van der Waals surface area (Å²) in [4.78, 5) is 34.2. The second-order valence-corrected chi connectivity index (χ2v) is 6.44. The first-order valence-electron chi connectivity index (χ1n) is 8.45. The molecule has 9 nitrogen and oxygen atoms in total. The van der Waals surface area contributed by atoms with Crippen molar-refractivity contribution in [1.82, 2.24) is 5.32 Å². The Kier molecular flexibility index (Phi) is 10.6. The lowest BCUT2D eigenvalue weighted by Crippen LogP contribution is -2.36. The molecule has 0 radical (unpaired) electrons. The van der Waals surface area contributed by atoms with E-state index in [0.717, 1.165) is 18.8 Å². The van der Waals surface area contributed by atoms with Crippen molar-refractivity contribution in [3.63, 3.8) is 0 Å². The first-order valence-corrected chi connectivity index (χ1v) is 9.20. The molecule has 1 aliphatic heterocycles. The molecule has 0 aromatic heterocycles. The highest BCUT2D eigenvalue weighted by Gasteiger charge is 2.17. The van der Waals surface area contributed by atoms with E-state index < -0.39 is 5.91 Å². The van der Waals surface area contributed by atoms with E-state index in [2.05, 4.69) is 15.0 Å². The Morgan fingerprint density at radius 3 is 2.25 bits per heavy atom. The zero-order valence-corrected chi connectivity index (χ0v) is 17.0. The van der Waals surface area contributed by atoms with Crippen molar-refractivity contribution >= 4 is 46.7 Å². The monoisotopic (exact) mass is 434 g/mol. The SMILES string of the molecule is COC(=O)CCNC(=O)CN.NC(=O)c1c(Cl)cc(N2CCOCC2)cc1Cl. The second-order valence-electron chi connectivity index (χ2n) is 5.63. The number of nitrogens with two attached hydrogens (primary N) is 2. The van der Waals surface area contributed by atoms with Gasteiger partial charge in [0.1, 0.15) is 0 Å². The van der Waals surface area contributed by atoms with Crippen LogP contribution in [0.1, 0.15) is 16.8 Å². The fourth-order valence-electron chi connectivity index (χ4n) is 2.28. The Balaban J connectivity index is 0.000000311. The molecular formula is C17H24Cl2N4O5. The summed E-state index contributed by atoms with van der Waals surface area (Å²) in [6, 6.07) is 3.41. The highest BCUT2D eigenvalue weighted by atomic mass is 35.5. The summed E-state index contributed by atoms with van der Waals surface area (Å²) >= 11 is 12.0. The lowest BCUT2D eigenvalue weighted by atomic mass is 10.1. The number of esters is 1. The molecule has 1 aromatic rings. The van der Waals surface area contributed by atoms with Crippen LogP contribution in [0.5, 0.6) is 0 Å². The molecule has 1 aliphatic rings. The fraction of sp³-hybridized carbons (Fsp3) is 0.471. The number of hydrogen-bond donors (Lipinski definition) is 3. The first-order chi connectivity index (χ1) is 13.3. The molecule has 0 saturated carbocycles. The van der Waals surface area contributed by atoms with Gasteiger partial charge < -0.3 is 31.2 Å². The van der Waals surface area contributed by atoms with Gasteiger partial charge in [-0.15, -0.1) is 0 Å². The summed E-state index contributed by atoms with van der Waals surface area (Å²) in [5.74, 6) is -1.23. The summed E-state index contributed by atoms with van der Waals surface area (Å²) < 4.78 is 9.61. The minimum atomic E-state index is -0.617. The number of amides is 2. The number of rotatable bonds is 6. The number of hydrogen-bond acceptors (Lipinski definition) is 7. The molecule has 11 heteroatoms. The van der Waals surface area contributed by atoms with Gasteiger partial charge >= 0.3 is 5.97 Å². The number of methoxy groups -OCH3 is 1. The standard InChI is InChI=1S/C11H12Cl2N2O2.C6H12N2O3/c12-8-5-7(15-1-3-17-4-2-15)6-9(13)10(8)11(14)16;1-11-6(10)2-3-8-5(9)4-7/h5-6H,1-4H2,(H2,14,16);2-4,7H2,1H3,(H,8,9). The number of primary amides is 1. The molecule has 28 heavy (non-hydrogen) atoms. The number of carbonyl (C=O) groups excluding carboxylic acids is 3. The van der Waals surface area contributed by atoms with Crippen molar-refractivity contribution in [2.75, 3.05) is 51.4 Å². The van der Waals surface area contributed by atoms with E-state index in [1.165, 1.54) is 7.11 Å². The van der Waals surface area contributed by atoms with Crippen molar-refractivity contribution in [3.05, 3.63) is 27.7 Å². The second kappa shape index (κ2) is 12.4. The van der Waals surface area contributed by atoms with Gasteiger partial charge in [0.25, 0.3) is 5.91 Å². The largest absolute Gasteiger partial charge is 0.469 e. The van der Waals surface area contributed by atoms with Crippen LogP contribution in [-0.2, 0) is 19.1 Å². The van der Waals surface area contributed by atoms with Gasteiger partial charge in [-0.25, -0.2) is 0 Å². The zero-order chi connectivity index (χ0) is 21.1. The van der Waals surface area contributed by atoms with E-state index in [9.17, 15) is 14.4 Å². The molecule has 156 valence electrons. The molecule has 5 N–H and O–H groups in total. The van der Waals surface area contributed by atoms with Crippen molar-refractivity contribution in [2.45, 2.75) is 6.42 Å². The Hall–Kier alpha value is -2.07. The van der Waals surface area contributed by atoms with Gasteiger partial charge in [0.2, 0.25) is 5.91 Å². The highest BCUT2D eigenvalue weighted by molar-refractivity contribution is 6.40. The van der Waals surface area contributed by atoms with Crippen LogP contribution < -0.4 is 21.7 Å². The van der Waals surface area contributed by atoms with Crippen LogP contribution in [0, 0.1) is 0 Å². The van der Waals surface area contributed by atoms with Crippen LogP contribution in [0.4, 0.5) is 5.69 Å². The van der Waals surface area contributed by atoms with Gasteiger partial charge in [-0.2, -0.15) is 0 Å². The average Bonchev–Trinajstić information content (AvgIpc) is 2.68. The van der Waals surface area contributed by atoms with Crippen LogP contribution in [-0.4, -0.2) is 64.3 Å². The molecule has 0 atom stereocenters. The molecular weight excluding hydrogens is 411 g/mol. The number of ether oxygens (including phenoxy) is 2.